The lowest BCUT2D eigenvalue weighted by molar-refractivity contribution is -0.116. The molecule has 0 aliphatic rings. The third-order valence-electron chi connectivity index (χ3n) is 4.24. The van der Waals surface area contributed by atoms with Crippen LogP contribution in [0.2, 0.25) is 0 Å². The van der Waals surface area contributed by atoms with Crippen LogP contribution in [0.15, 0.2) is 66.7 Å². The van der Waals surface area contributed by atoms with Crippen LogP contribution in [0.1, 0.15) is 29.2 Å². The molecule has 5 heteroatoms. The highest BCUT2D eigenvalue weighted by Crippen LogP contribution is 2.24. The van der Waals surface area contributed by atoms with Crippen LogP contribution in [-0.2, 0) is 11.2 Å². The topological polar surface area (TPSA) is 72.8 Å². The highest BCUT2D eigenvalue weighted by molar-refractivity contribution is 5.78. The van der Waals surface area contributed by atoms with Crippen LogP contribution in [0.25, 0.3) is 12.2 Å². The van der Waals surface area contributed by atoms with Crippen molar-refractivity contribution in [2.24, 2.45) is 0 Å². The second-order valence-corrected chi connectivity index (χ2v) is 6.98. The predicted octanol–water partition coefficient (Wildman–Crippen LogP) is 5.58. The number of phenolic OH excluding ortho intramolecular Hbond substituents is 1. The van der Waals surface area contributed by atoms with E-state index in [2.05, 4.69) is 0 Å². The summed E-state index contributed by atoms with van der Waals surface area (Å²) in [5, 5.41) is 9.94. The molecule has 152 valence electrons. The fourth-order valence-electron chi connectivity index (χ4n) is 2.81. The van der Waals surface area contributed by atoms with Crippen molar-refractivity contribution in [3.05, 3.63) is 89.0 Å². The van der Waals surface area contributed by atoms with Crippen LogP contribution >= 0.6 is 0 Å². The van der Waals surface area contributed by atoms with E-state index in [0.717, 1.165) is 11.1 Å². The van der Waals surface area contributed by atoms with Crippen molar-refractivity contribution in [2.45, 2.75) is 20.3 Å². The Labute approximate surface area is 175 Å². The molecule has 0 bridgehead atoms. The van der Waals surface area contributed by atoms with Gasteiger partial charge in [0.1, 0.15) is 23.0 Å². The molecule has 0 aromatic heterocycles. The quantitative estimate of drug-likeness (QED) is 0.331. The number of hydrogen-bond donors (Lipinski definition) is 1. The summed E-state index contributed by atoms with van der Waals surface area (Å²) in [5.74, 6) is 0.486. The third kappa shape index (κ3) is 6.34. The lowest BCUT2D eigenvalue weighted by atomic mass is 10.1. The second-order valence-electron chi connectivity index (χ2n) is 6.98. The summed E-state index contributed by atoms with van der Waals surface area (Å²) in [6.45, 7) is 3.53. The third-order valence-corrected chi connectivity index (χ3v) is 4.24. The molecular formula is C25H22O5. The molecule has 0 spiro atoms. The molecule has 30 heavy (non-hydrogen) atoms. The van der Waals surface area contributed by atoms with Gasteiger partial charge in [-0.15, -0.1) is 0 Å². The minimum absolute atomic E-state index is 0.0301. The molecular weight excluding hydrogens is 380 g/mol. The van der Waals surface area contributed by atoms with Crippen LogP contribution in [-0.4, -0.2) is 17.0 Å². The molecule has 5 nitrogen and oxygen atoms in total. The first-order valence-corrected chi connectivity index (χ1v) is 9.44. The zero-order valence-electron chi connectivity index (χ0n) is 16.8. The first-order valence-electron chi connectivity index (χ1n) is 9.44. The Morgan fingerprint density at radius 3 is 2.13 bits per heavy atom. The molecule has 0 radical (unpaired) electrons. The van der Waals surface area contributed by atoms with E-state index in [-0.39, 0.29) is 17.3 Å². The first kappa shape index (κ1) is 20.9. The van der Waals surface area contributed by atoms with E-state index in [0.29, 0.717) is 17.7 Å². The van der Waals surface area contributed by atoms with Gasteiger partial charge in [0.15, 0.2) is 0 Å². The molecule has 0 saturated heterocycles. The van der Waals surface area contributed by atoms with Crippen molar-refractivity contribution in [3.8, 4) is 17.2 Å². The number of rotatable bonds is 6. The molecule has 3 aromatic rings. The SMILES string of the molecule is CC(=O)Cc1ccc(OC(=O)Oc2cc(O)cc(/C=C/c3ccc(C)cc3)c2)cc1. The zero-order valence-corrected chi connectivity index (χ0v) is 16.8. The number of carbonyl (C=O) groups excluding carboxylic acids is 2. The van der Waals surface area contributed by atoms with Crippen molar-refractivity contribution in [1.82, 2.24) is 0 Å². The summed E-state index contributed by atoms with van der Waals surface area (Å²) in [6, 6.07) is 19.2. The van der Waals surface area contributed by atoms with Crippen LogP contribution in [0, 0.1) is 6.92 Å². The van der Waals surface area contributed by atoms with E-state index in [1.54, 1.807) is 36.4 Å². The lowest BCUT2D eigenvalue weighted by Crippen LogP contribution is -2.13. The monoisotopic (exact) mass is 402 g/mol. The van der Waals surface area contributed by atoms with E-state index in [9.17, 15) is 14.7 Å². The average Bonchev–Trinajstić information content (AvgIpc) is 2.68. The predicted molar refractivity (Wildman–Crippen MR) is 116 cm³/mol. The Kier molecular flexibility index (Phi) is 6.65. The van der Waals surface area contributed by atoms with Crippen molar-refractivity contribution in [3.63, 3.8) is 0 Å². The van der Waals surface area contributed by atoms with Crippen LogP contribution < -0.4 is 9.47 Å². The molecule has 0 saturated carbocycles. The van der Waals surface area contributed by atoms with Gasteiger partial charge in [-0.2, -0.15) is 0 Å². The van der Waals surface area contributed by atoms with Gasteiger partial charge in [0, 0.05) is 12.5 Å². The van der Waals surface area contributed by atoms with E-state index < -0.39 is 6.16 Å². The molecule has 0 aliphatic heterocycles. The summed E-state index contributed by atoms with van der Waals surface area (Å²) < 4.78 is 10.3. The molecule has 3 aromatic carbocycles. The first-order chi connectivity index (χ1) is 14.4. The van der Waals surface area contributed by atoms with E-state index in [4.69, 9.17) is 9.47 Å². The maximum atomic E-state index is 12.1. The Balaban J connectivity index is 1.65. The Morgan fingerprint density at radius 1 is 0.833 bits per heavy atom. The smallest absolute Gasteiger partial charge is 0.508 e. The van der Waals surface area contributed by atoms with Gasteiger partial charge < -0.3 is 14.6 Å². The van der Waals surface area contributed by atoms with E-state index in [1.807, 2.05) is 43.3 Å². The summed E-state index contributed by atoms with van der Waals surface area (Å²) in [4.78, 5) is 23.2. The number of aromatic hydroxyl groups is 1. The Hall–Kier alpha value is -3.86. The van der Waals surface area contributed by atoms with E-state index >= 15 is 0 Å². The van der Waals surface area contributed by atoms with Crippen LogP contribution in [0.5, 0.6) is 17.2 Å². The Morgan fingerprint density at radius 2 is 1.47 bits per heavy atom. The molecule has 0 unspecified atom stereocenters. The number of ether oxygens (including phenoxy) is 2. The maximum Gasteiger partial charge on any atom is 0.519 e. The molecule has 0 atom stereocenters. The average molecular weight is 402 g/mol. The molecule has 3 rings (SSSR count). The fourth-order valence-corrected chi connectivity index (χ4v) is 2.81. The van der Waals surface area contributed by atoms with Gasteiger partial charge in [-0.3, -0.25) is 4.79 Å². The van der Waals surface area contributed by atoms with Gasteiger partial charge in [-0.1, -0.05) is 54.1 Å². The van der Waals surface area contributed by atoms with Gasteiger partial charge in [-0.25, -0.2) is 4.79 Å². The minimum atomic E-state index is -0.923. The van der Waals surface area contributed by atoms with Crippen molar-refractivity contribution >= 4 is 24.1 Å². The number of phenols is 1. The molecule has 0 amide bonds. The van der Waals surface area contributed by atoms with Gasteiger partial charge in [0.2, 0.25) is 0 Å². The fraction of sp³-hybridized carbons (Fsp3) is 0.120. The van der Waals surface area contributed by atoms with Crippen molar-refractivity contribution in [1.29, 1.82) is 0 Å². The zero-order chi connectivity index (χ0) is 21.5. The summed E-state index contributed by atoms with van der Waals surface area (Å²) in [7, 11) is 0. The summed E-state index contributed by atoms with van der Waals surface area (Å²) in [5.41, 5.74) is 3.69. The van der Waals surface area contributed by atoms with Gasteiger partial charge >= 0.3 is 6.16 Å². The number of hydrogen-bond acceptors (Lipinski definition) is 5. The number of Topliss-reactive ketones (excluding diaryl/α,β-unsaturated/α-hetero) is 1. The normalized spacial score (nSPS) is 10.7. The number of benzene rings is 3. The molecule has 0 aliphatic carbocycles. The Bertz CT molecular complexity index is 1060. The summed E-state index contributed by atoms with van der Waals surface area (Å²) in [6.07, 6.45) is 3.12. The maximum absolute atomic E-state index is 12.1. The van der Waals surface area contributed by atoms with Gasteiger partial charge in [-0.05, 0) is 54.8 Å². The summed E-state index contributed by atoms with van der Waals surface area (Å²) >= 11 is 0. The van der Waals surface area contributed by atoms with Crippen LogP contribution in [0.3, 0.4) is 0 Å². The largest absolute Gasteiger partial charge is 0.519 e. The highest BCUT2D eigenvalue weighted by atomic mass is 16.7. The number of carbonyl (C=O) groups is 2. The van der Waals surface area contributed by atoms with E-state index in [1.165, 1.54) is 18.6 Å². The molecule has 0 fully saturated rings. The van der Waals surface area contributed by atoms with Crippen LogP contribution in [0.4, 0.5) is 4.79 Å². The van der Waals surface area contributed by atoms with Crippen molar-refractivity contribution < 1.29 is 24.2 Å². The minimum Gasteiger partial charge on any atom is -0.508 e. The lowest BCUT2D eigenvalue weighted by Gasteiger charge is -2.07. The second kappa shape index (κ2) is 9.56. The number of ketones is 1. The molecule has 0 heterocycles. The van der Waals surface area contributed by atoms with Gasteiger partial charge in [0.05, 0.1) is 0 Å². The number of aryl methyl sites for hydroxylation is 1. The standard InChI is InChI=1S/C25H22O5/c1-17-3-5-19(6-4-17)7-8-21-14-22(27)16-24(15-21)30-25(28)29-23-11-9-20(10-12-23)13-18(2)26/h3-12,14-16,27H,13H2,1-2H3/b8-7+. The van der Waals surface area contributed by atoms with Gasteiger partial charge in [0.25, 0.3) is 0 Å². The molecule has 1 N–H and O–H groups in total. The highest BCUT2D eigenvalue weighted by Gasteiger charge is 2.10. The van der Waals surface area contributed by atoms with Crippen molar-refractivity contribution in [2.75, 3.05) is 0 Å².